The van der Waals surface area contributed by atoms with Crippen LogP contribution in [0.15, 0.2) is 22.7 Å². The van der Waals surface area contributed by atoms with E-state index in [9.17, 15) is 4.79 Å². The average Bonchev–Trinajstić information content (AvgIpc) is 2.26. The third kappa shape index (κ3) is 4.23. The van der Waals surface area contributed by atoms with E-state index in [1.807, 2.05) is 25.1 Å². The quantitative estimate of drug-likeness (QED) is 0.845. The number of rotatable bonds is 5. The van der Waals surface area contributed by atoms with Crippen LogP contribution in [0.25, 0.3) is 0 Å². The van der Waals surface area contributed by atoms with E-state index in [0.29, 0.717) is 13.0 Å². The van der Waals surface area contributed by atoms with Crippen LogP contribution in [-0.4, -0.2) is 19.6 Å². The van der Waals surface area contributed by atoms with Gasteiger partial charge in [0.15, 0.2) is 0 Å². The van der Waals surface area contributed by atoms with Crippen molar-refractivity contribution in [1.82, 2.24) is 5.32 Å². The lowest BCUT2D eigenvalue weighted by molar-refractivity contribution is -0.120. The smallest absolute Gasteiger partial charge is 0.219 e. The Hall–Kier alpha value is -1.03. The molecule has 16 heavy (non-hydrogen) atoms. The Morgan fingerprint density at radius 3 is 2.88 bits per heavy atom. The highest BCUT2D eigenvalue weighted by Crippen LogP contribution is 2.22. The average molecular weight is 286 g/mol. The molecule has 0 aliphatic carbocycles. The Morgan fingerprint density at radius 2 is 2.25 bits per heavy atom. The molecule has 88 valence electrons. The molecule has 3 nitrogen and oxygen atoms in total. The molecule has 1 rings (SSSR count). The Labute approximate surface area is 104 Å². The highest BCUT2D eigenvalue weighted by Gasteiger charge is 2.01. The third-order valence-electron chi connectivity index (χ3n) is 2.22. The summed E-state index contributed by atoms with van der Waals surface area (Å²) in [5.41, 5.74) is 1.09. The van der Waals surface area contributed by atoms with Crippen LogP contribution in [0, 0.1) is 6.92 Å². The van der Waals surface area contributed by atoms with Gasteiger partial charge in [-0.3, -0.25) is 4.79 Å². The zero-order valence-corrected chi connectivity index (χ0v) is 11.1. The lowest BCUT2D eigenvalue weighted by Gasteiger charge is -2.08. The first-order valence-corrected chi connectivity index (χ1v) is 6.02. The van der Waals surface area contributed by atoms with Crippen molar-refractivity contribution in [2.75, 3.05) is 13.7 Å². The van der Waals surface area contributed by atoms with Gasteiger partial charge in [0.25, 0.3) is 0 Å². The molecule has 1 aromatic rings. The number of carbonyl (C=O) groups excluding carboxylic acids is 1. The zero-order valence-electron chi connectivity index (χ0n) is 9.55. The van der Waals surface area contributed by atoms with Crippen LogP contribution >= 0.6 is 15.9 Å². The lowest BCUT2D eigenvalue weighted by Crippen LogP contribution is -2.18. The van der Waals surface area contributed by atoms with Gasteiger partial charge in [-0.05, 0) is 37.1 Å². The SMILES string of the molecule is CNC(=O)CCCOc1ccc(Br)cc1C. The molecular formula is C12H16BrNO2. The minimum atomic E-state index is 0.0520. The maximum absolute atomic E-state index is 11.0. The summed E-state index contributed by atoms with van der Waals surface area (Å²) in [6.07, 6.45) is 1.24. The largest absolute Gasteiger partial charge is 0.493 e. The molecule has 0 spiro atoms. The second-order valence-corrected chi connectivity index (χ2v) is 4.45. The Balaban J connectivity index is 2.35. The van der Waals surface area contributed by atoms with Crippen molar-refractivity contribution in [3.8, 4) is 5.75 Å². The van der Waals surface area contributed by atoms with Gasteiger partial charge in [-0.25, -0.2) is 0 Å². The molecule has 1 aromatic carbocycles. The molecule has 0 saturated carbocycles. The number of amides is 1. The summed E-state index contributed by atoms with van der Waals surface area (Å²) < 4.78 is 6.63. The molecule has 0 atom stereocenters. The summed E-state index contributed by atoms with van der Waals surface area (Å²) in [5.74, 6) is 0.927. The van der Waals surface area contributed by atoms with E-state index in [-0.39, 0.29) is 5.91 Å². The predicted octanol–water partition coefficient (Wildman–Crippen LogP) is 2.66. The van der Waals surface area contributed by atoms with Gasteiger partial charge < -0.3 is 10.1 Å². The van der Waals surface area contributed by atoms with Crippen molar-refractivity contribution in [3.63, 3.8) is 0 Å². The van der Waals surface area contributed by atoms with Crippen LogP contribution < -0.4 is 10.1 Å². The van der Waals surface area contributed by atoms with E-state index in [4.69, 9.17) is 4.74 Å². The molecule has 0 aliphatic rings. The van der Waals surface area contributed by atoms with E-state index in [1.54, 1.807) is 7.05 Å². The summed E-state index contributed by atoms with van der Waals surface area (Å²) in [4.78, 5) is 11.0. The van der Waals surface area contributed by atoms with Crippen molar-refractivity contribution in [1.29, 1.82) is 0 Å². The highest BCUT2D eigenvalue weighted by atomic mass is 79.9. The zero-order chi connectivity index (χ0) is 12.0. The summed E-state index contributed by atoms with van der Waals surface area (Å²) >= 11 is 3.40. The molecule has 0 saturated heterocycles. The highest BCUT2D eigenvalue weighted by molar-refractivity contribution is 9.10. The molecule has 1 N–H and O–H groups in total. The van der Waals surface area contributed by atoms with E-state index in [2.05, 4.69) is 21.2 Å². The molecule has 4 heteroatoms. The van der Waals surface area contributed by atoms with Gasteiger partial charge in [0.1, 0.15) is 5.75 Å². The Kier molecular flexibility index (Phi) is 5.32. The van der Waals surface area contributed by atoms with E-state index >= 15 is 0 Å². The summed E-state index contributed by atoms with van der Waals surface area (Å²) in [6.45, 7) is 2.56. The van der Waals surface area contributed by atoms with E-state index in [1.165, 1.54) is 0 Å². The van der Waals surface area contributed by atoms with Crippen molar-refractivity contribution in [2.45, 2.75) is 19.8 Å². The number of hydrogen-bond acceptors (Lipinski definition) is 2. The minimum Gasteiger partial charge on any atom is -0.493 e. The maximum atomic E-state index is 11.0. The van der Waals surface area contributed by atoms with Crippen LogP contribution in [0.2, 0.25) is 0 Å². The number of ether oxygens (including phenoxy) is 1. The van der Waals surface area contributed by atoms with Gasteiger partial charge in [0.05, 0.1) is 6.61 Å². The molecule has 0 bridgehead atoms. The summed E-state index contributed by atoms with van der Waals surface area (Å²) in [6, 6.07) is 5.88. The van der Waals surface area contributed by atoms with Crippen molar-refractivity contribution in [2.24, 2.45) is 0 Å². The molecule has 0 aromatic heterocycles. The monoisotopic (exact) mass is 285 g/mol. The van der Waals surface area contributed by atoms with E-state index < -0.39 is 0 Å². The second-order valence-electron chi connectivity index (χ2n) is 3.54. The molecular weight excluding hydrogens is 270 g/mol. The maximum Gasteiger partial charge on any atom is 0.219 e. The van der Waals surface area contributed by atoms with Gasteiger partial charge in [-0.1, -0.05) is 15.9 Å². The van der Waals surface area contributed by atoms with Crippen molar-refractivity contribution >= 4 is 21.8 Å². The van der Waals surface area contributed by atoms with Crippen LogP contribution in [0.1, 0.15) is 18.4 Å². The lowest BCUT2D eigenvalue weighted by atomic mass is 10.2. The summed E-state index contributed by atoms with van der Waals surface area (Å²) in [7, 11) is 1.64. The van der Waals surface area contributed by atoms with Gasteiger partial charge >= 0.3 is 0 Å². The number of aryl methyl sites for hydroxylation is 1. The van der Waals surface area contributed by atoms with Gasteiger partial charge in [-0.2, -0.15) is 0 Å². The fourth-order valence-corrected chi connectivity index (χ4v) is 1.79. The van der Waals surface area contributed by atoms with Crippen LogP contribution in [0.3, 0.4) is 0 Å². The standard InChI is InChI=1S/C12H16BrNO2/c1-9-8-10(13)5-6-11(9)16-7-3-4-12(15)14-2/h5-6,8H,3-4,7H2,1-2H3,(H,14,15). The Morgan fingerprint density at radius 1 is 1.50 bits per heavy atom. The predicted molar refractivity (Wildman–Crippen MR) is 67.7 cm³/mol. The molecule has 0 fully saturated rings. The van der Waals surface area contributed by atoms with Gasteiger partial charge in [0.2, 0.25) is 5.91 Å². The van der Waals surface area contributed by atoms with Crippen LogP contribution in [-0.2, 0) is 4.79 Å². The fraction of sp³-hybridized carbons (Fsp3) is 0.417. The number of benzene rings is 1. The fourth-order valence-electron chi connectivity index (χ4n) is 1.31. The van der Waals surface area contributed by atoms with Crippen LogP contribution in [0.5, 0.6) is 5.75 Å². The second kappa shape index (κ2) is 6.53. The summed E-state index contributed by atoms with van der Waals surface area (Å²) in [5, 5.41) is 2.58. The minimum absolute atomic E-state index is 0.0520. The molecule has 0 radical (unpaired) electrons. The van der Waals surface area contributed by atoms with Gasteiger partial charge in [0, 0.05) is 17.9 Å². The third-order valence-corrected chi connectivity index (χ3v) is 2.71. The number of carbonyl (C=O) groups is 1. The van der Waals surface area contributed by atoms with Gasteiger partial charge in [-0.15, -0.1) is 0 Å². The van der Waals surface area contributed by atoms with Crippen molar-refractivity contribution < 1.29 is 9.53 Å². The normalized spacial score (nSPS) is 9.94. The topological polar surface area (TPSA) is 38.3 Å². The van der Waals surface area contributed by atoms with Crippen LogP contribution in [0.4, 0.5) is 0 Å². The number of halogens is 1. The first-order valence-electron chi connectivity index (χ1n) is 5.23. The Bertz CT molecular complexity index is 366. The molecule has 0 heterocycles. The molecule has 1 amide bonds. The van der Waals surface area contributed by atoms with E-state index in [0.717, 1.165) is 22.2 Å². The number of hydrogen-bond donors (Lipinski definition) is 1. The molecule has 0 unspecified atom stereocenters. The first kappa shape index (κ1) is 13.0. The molecule has 0 aliphatic heterocycles. The number of nitrogens with one attached hydrogen (secondary N) is 1. The van der Waals surface area contributed by atoms with Crippen molar-refractivity contribution in [3.05, 3.63) is 28.2 Å². The first-order chi connectivity index (χ1) is 7.63.